The zero-order chi connectivity index (χ0) is 43.2. The van der Waals surface area contributed by atoms with Gasteiger partial charge in [-0.15, -0.1) is 0 Å². The summed E-state index contributed by atoms with van der Waals surface area (Å²) < 4.78 is 0. The number of rotatable bonds is 26. The van der Waals surface area contributed by atoms with E-state index in [0.29, 0.717) is 5.69 Å². The Bertz CT molecular complexity index is 1530. The predicted octanol–water partition coefficient (Wildman–Crippen LogP) is -3.37. The number of nitrogens with one attached hydrogen (secondary N) is 8. The number of carbonyl (C=O) groups excluding carboxylic acids is 7. The quantitative estimate of drug-likeness (QED) is 0.0247. The molecule has 22 heteroatoms. The number of aliphatic hydroxyl groups is 1. The molecule has 1 aromatic rings. The van der Waals surface area contributed by atoms with Crippen molar-refractivity contribution in [2.24, 2.45) is 28.3 Å². The molecule has 22 nitrogen and oxygen atoms in total. The lowest BCUT2D eigenvalue weighted by Crippen LogP contribution is -2.58. The number of nitrogens with two attached hydrogens (primary N) is 2. The number of carboxylic acid groups (broad SMARTS) is 1. The van der Waals surface area contributed by atoms with Crippen molar-refractivity contribution in [1.29, 1.82) is 0 Å². The van der Waals surface area contributed by atoms with Gasteiger partial charge in [0.05, 0.1) is 12.9 Å². The Hall–Kier alpha value is -5.80. The van der Waals surface area contributed by atoms with Gasteiger partial charge in [0.1, 0.15) is 36.3 Å². The highest BCUT2D eigenvalue weighted by atomic mass is 16.4. The molecule has 0 unspecified atom stereocenters. The maximum absolute atomic E-state index is 13.6. The molecule has 0 aromatic carbocycles. The van der Waals surface area contributed by atoms with Gasteiger partial charge in [0.15, 0.2) is 5.96 Å². The van der Waals surface area contributed by atoms with Gasteiger partial charge in [0.2, 0.25) is 41.4 Å². The summed E-state index contributed by atoms with van der Waals surface area (Å²) in [7, 11) is 0. The van der Waals surface area contributed by atoms with Crippen LogP contribution in [-0.4, -0.2) is 129 Å². The molecule has 0 saturated heterocycles. The summed E-state index contributed by atoms with van der Waals surface area (Å²) in [6.07, 6.45) is 3.21. The standard InChI is InChI=1S/C35H60N12O10/c1-18(2)12-25(46-33(55)27(14-22-15-38-17-41-22)47-31(53)23(9-11-48)43-21(6)49)30(52)40-16-28(50)44-26(13-19(3)4)32(54)42-20(5)29(51)45-24(34(56)57)8-7-10-39-35(36)37/h15,17-20,23-27,48H,7-14,16H2,1-6H3,(H,38,41)(H,40,52)(H,42,54)(H,43,49)(H,44,50)(H,45,51)(H,46,55)(H,47,53)(H,56,57)(H4,36,37,39)/t20-,23-,24-,25-,26-,27-/m0/s1. The van der Waals surface area contributed by atoms with E-state index in [-0.39, 0.29) is 62.9 Å². The van der Waals surface area contributed by atoms with E-state index in [2.05, 4.69) is 52.2 Å². The highest BCUT2D eigenvalue weighted by Gasteiger charge is 2.31. The van der Waals surface area contributed by atoms with E-state index in [4.69, 9.17) is 11.5 Å². The molecule has 0 aliphatic rings. The molecule has 0 bridgehead atoms. The van der Waals surface area contributed by atoms with Crippen LogP contribution in [0.2, 0.25) is 0 Å². The second kappa shape index (κ2) is 25.4. The first-order valence-corrected chi connectivity index (χ1v) is 18.7. The van der Waals surface area contributed by atoms with Crippen LogP contribution in [-0.2, 0) is 44.8 Å². The number of aliphatic imine (C=N–C) groups is 1. The van der Waals surface area contributed by atoms with E-state index >= 15 is 0 Å². The van der Waals surface area contributed by atoms with Crippen LogP contribution in [0.4, 0.5) is 0 Å². The van der Waals surface area contributed by atoms with Gasteiger partial charge in [-0.05, 0) is 50.9 Å². The Morgan fingerprint density at radius 1 is 0.737 bits per heavy atom. The molecule has 0 spiro atoms. The van der Waals surface area contributed by atoms with Crippen LogP contribution < -0.4 is 48.7 Å². The number of carboxylic acids is 1. The predicted molar refractivity (Wildman–Crippen MR) is 206 cm³/mol. The molecule has 14 N–H and O–H groups in total. The van der Waals surface area contributed by atoms with Crippen LogP contribution in [0.25, 0.3) is 0 Å². The Balaban J connectivity index is 3.00. The number of hydrogen-bond acceptors (Lipinski definition) is 11. The third-order valence-corrected chi connectivity index (χ3v) is 8.16. The third-order valence-electron chi connectivity index (χ3n) is 8.16. The summed E-state index contributed by atoms with van der Waals surface area (Å²) in [5, 5.41) is 36.4. The number of hydrogen-bond donors (Lipinski definition) is 12. The lowest BCUT2D eigenvalue weighted by Gasteiger charge is -2.26. The molecule has 320 valence electrons. The average Bonchev–Trinajstić information content (AvgIpc) is 3.63. The SMILES string of the molecule is CC(=O)N[C@@H](CCO)C(=O)N[C@@H](Cc1cnc[nH]1)C(=O)N[C@@H](CC(C)C)C(=O)NCC(=O)N[C@@H](CC(C)C)C(=O)N[C@@H](C)C(=O)N[C@@H](CCCN=C(N)N)C(=O)O. The number of aromatic nitrogens is 2. The molecule has 0 aliphatic carbocycles. The molecular formula is C35H60N12O10. The minimum absolute atomic E-state index is 0.0199. The number of imidazole rings is 1. The molecule has 7 amide bonds. The van der Waals surface area contributed by atoms with Gasteiger partial charge in [0.25, 0.3) is 0 Å². The molecule has 1 aromatic heterocycles. The largest absolute Gasteiger partial charge is 0.480 e. The van der Waals surface area contributed by atoms with E-state index in [0.717, 1.165) is 0 Å². The van der Waals surface area contributed by atoms with Gasteiger partial charge in [-0.2, -0.15) is 0 Å². The van der Waals surface area contributed by atoms with Gasteiger partial charge >= 0.3 is 5.97 Å². The first kappa shape index (κ1) is 49.2. The number of amides is 7. The van der Waals surface area contributed by atoms with Gasteiger partial charge in [-0.25, -0.2) is 9.78 Å². The smallest absolute Gasteiger partial charge is 0.326 e. The fourth-order valence-electron chi connectivity index (χ4n) is 5.39. The van der Waals surface area contributed by atoms with Crippen molar-refractivity contribution in [2.45, 2.75) is 116 Å². The van der Waals surface area contributed by atoms with Gasteiger partial charge in [-0.3, -0.25) is 38.6 Å². The number of H-pyrrole nitrogens is 1. The maximum atomic E-state index is 13.6. The highest BCUT2D eigenvalue weighted by Crippen LogP contribution is 2.09. The summed E-state index contributed by atoms with van der Waals surface area (Å²) in [4.78, 5) is 113. The average molecular weight is 809 g/mol. The summed E-state index contributed by atoms with van der Waals surface area (Å²) in [6.45, 7) is 8.92. The lowest BCUT2D eigenvalue weighted by atomic mass is 10.0. The van der Waals surface area contributed by atoms with Crippen molar-refractivity contribution in [3.8, 4) is 0 Å². The number of nitrogens with zero attached hydrogens (tertiary/aromatic N) is 2. The molecule has 0 aliphatic heterocycles. The third kappa shape index (κ3) is 20.1. The zero-order valence-corrected chi connectivity index (χ0v) is 33.3. The molecule has 0 fully saturated rings. The van der Waals surface area contributed by atoms with Crippen LogP contribution in [0.15, 0.2) is 17.5 Å². The molecule has 0 saturated carbocycles. The molecule has 6 atom stereocenters. The topological polar surface area (TPSA) is 354 Å². The van der Waals surface area contributed by atoms with Crippen LogP contribution >= 0.6 is 0 Å². The van der Waals surface area contributed by atoms with E-state index in [1.165, 1.54) is 26.4 Å². The van der Waals surface area contributed by atoms with E-state index in [9.17, 15) is 48.6 Å². The minimum Gasteiger partial charge on any atom is -0.480 e. The highest BCUT2D eigenvalue weighted by molar-refractivity contribution is 5.96. The summed E-state index contributed by atoms with van der Waals surface area (Å²) in [5.74, 6) is -6.64. The molecule has 0 radical (unpaired) electrons. The number of guanidine groups is 1. The first-order chi connectivity index (χ1) is 26.7. The van der Waals surface area contributed by atoms with E-state index in [1.807, 2.05) is 13.8 Å². The maximum Gasteiger partial charge on any atom is 0.326 e. The van der Waals surface area contributed by atoms with Crippen LogP contribution in [0, 0.1) is 11.8 Å². The molecule has 1 heterocycles. The van der Waals surface area contributed by atoms with Crippen molar-refractivity contribution < 1.29 is 48.6 Å². The Labute approximate surface area is 331 Å². The van der Waals surface area contributed by atoms with Gasteiger partial charge < -0.3 is 63.9 Å². The molecular weight excluding hydrogens is 748 g/mol. The van der Waals surface area contributed by atoms with Crippen molar-refractivity contribution in [3.05, 3.63) is 18.2 Å². The summed E-state index contributed by atoms with van der Waals surface area (Å²) in [6, 6.07) is -7.14. The monoisotopic (exact) mass is 808 g/mol. The Kier molecular flexibility index (Phi) is 21.9. The fraction of sp³-hybridized carbons (Fsp3) is 0.657. The van der Waals surface area contributed by atoms with Crippen molar-refractivity contribution in [1.82, 2.24) is 47.2 Å². The van der Waals surface area contributed by atoms with Crippen molar-refractivity contribution >= 4 is 53.3 Å². The first-order valence-electron chi connectivity index (χ1n) is 18.7. The van der Waals surface area contributed by atoms with Gasteiger partial charge in [-0.1, -0.05) is 27.7 Å². The number of aliphatic hydroxyl groups excluding tert-OH is 1. The molecule has 57 heavy (non-hydrogen) atoms. The number of aliphatic carboxylic acids is 1. The zero-order valence-electron chi connectivity index (χ0n) is 33.3. The van der Waals surface area contributed by atoms with E-state index in [1.54, 1.807) is 13.8 Å². The summed E-state index contributed by atoms with van der Waals surface area (Å²) >= 11 is 0. The Morgan fingerprint density at radius 3 is 1.82 bits per heavy atom. The normalized spacial score (nSPS) is 14.1. The summed E-state index contributed by atoms with van der Waals surface area (Å²) in [5.41, 5.74) is 11.0. The van der Waals surface area contributed by atoms with Crippen molar-refractivity contribution in [2.75, 3.05) is 19.7 Å². The van der Waals surface area contributed by atoms with Crippen molar-refractivity contribution in [3.63, 3.8) is 0 Å². The lowest BCUT2D eigenvalue weighted by molar-refractivity contribution is -0.142. The molecule has 1 rings (SSSR count). The number of aromatic amines is 1. The number of carbonyl (C=O) groups is 8. The second-order valence-electron chi connectivity index (χ2n) is 14.3. The van der Waals surface area contributed by atoms with E-state index < -0.39 is 96.7 Å². The van der Waals surface area contributed by atoms with Crippen LogP contribution in [0.5, 0.6) is 0 Å². The Morgan fingerprint density at radius 2 is 1.30 bits per heavy atom. The van der Waals surface area contributed by atoms with Gasteiger partial charge in [0, 0.05) is 38.4 Å². The minimum atomic E-state index is -1.29. The van der Waals surface area contributed by atoms with Crippen LogP contribution in [0.3, 0.4) is 0 Å². The fourth-order valence-corrected chi connectivity index (χ4v) is 5.39. The van der Waals surface area contributed by atoms with Crippen LogP contribution in [0.1, 0.15) is 79.3 Å². The second-order valence-corrected chi connectivity index (χ2v) is 14.3.